The lowest BCUT2D eigenvalue weighted by Crippen LogP contribution is -2.07. The van der Waals surface area contributed by atoms with Gasteiger partial charge in [0.05, 0.1) is 0 Å². The Morgan fingerprint density at radius 2 is 0.605 bits per heavy atom. The summed E-state index contributed by atoms with van der Waals surface area (Å²) in [6.45, 7) is 4.42. The van der Waals surface area contributed by atoms with Gasteiger partial charge in [-0.05, 0) is 269 Å². The van der Waals surface area contributed by atoms with E-state index in [2.05, 4.69) is 475 Å². The highest BCUT2D eigenvalue weighted by Gasteiger charge is 2.30. The molecule has 2 aliphatic rings. The van der Waals surface area contributed by atoms with Gasteiger partial charge in [-0.2, -0.15) is 0 Å². The zero-order chi connectivity index (χ0) is 82.6. The van der Waals surface area contributed by atoms with Crippen molar-refractivity contribution in [1.29, 1.82) is 0 Å². The maximum absolute atomic E-state index is 2.53. The molecule has 0 N–H and O–H groups in total. The predicted molar refractivity (Wildman–Crippen MR) is 536 cm³/mol. The second-order valence-corrected chi connectivity index (χ2v) is 33.5. The van der Waals surface area contributed by atoms with Crippen LogP contribution < -0.4 is 0 Å². The van der Waals surface area contributed by atoms with Crippen LogP contribution in [0.4, 0.5) is 0 Å². The van der Waals surface area contributed by atoms with Crippen LogP contribution in [-0.2, 0) is 0 Å². The molecule has 0 bridgehead atoms. The molecule has 22 aromatic carbocycles. The van der Waals surface area contributed by atoms with Crippen molar-refractivity contribution in [2.75, 3.05) is 0 Å². The zero-order valence-electron chi connectivity index (χ0n) is 69.4. The van der Waals surface area contributed by atoms with E-state index in [0.717, 1.165) is 12.8 Å². The first kappa shape index (κ1) is 74.9. The summed E-state index contributed by atoms with van der Waals surface area (Å²) in [5, 5.41) is 28.3. The third-order valence-corrected chi connectivity index (χ3v) is 26.2. The molecule has 2 atom stereocenters. The van der Waals surface area contributed by atoms with E-state index in [4.69, 9.17) is 0 Å². The molecule has 0 aliphatic heterocycles. The fourth-order valence-corrected chi connectivity index (χ4v) is 20.5. The van der Waals surface area contributed by atoms with Gasteiger partial charge in [0, 0.05) is 11.8 Å². The molecule has 2 unspecified atom stereocenters. The smallest absolute Gasteiger partial charge is 0.00622 e. The van der Waals surface area contributed by atoms with Gasteiger partial charge in [-0.15, -0.1) is 0 Å². The minimum atomic E-state index is 0.311. The summed E-state index contributed by atoms with van der Waals surface area (Å²) in [5.41, 5.74) is 26.3. The predicted octanol–water partition coefficient (Wildman–Crippen LogP) is 34.3. The largest absolute Gasteiger partial charge is 0.0760 e. The molecule has 24 rings (SSSR count). The van der Waals surface area contributed by atoms with E-state index in [1.165, 1.54) is 230 Å². The Bertz CT molecular complexity index is 7980. The van der Waals surface area contributed by atoms with Gasteiger partial charge in [0.1, 0.15) is 0 Å². The molecule has 0 radical (unpaired) electrons. The van der Waals surface area contributed by atoms with Crippen molar-refractivity contribution in [3.8, 4) is 44.5 Å². The zero-order valence-corrected chi connectivity index (χ0v) is 69.4. The second-order valence-electron chi connectivity index (χ2n) is 33.5. The lowest BCUT2D eigenvalue weighted by molar-refractivity contribution is 0.860. The number of fused-ring (bicyclic) bond motifs is 11. The summed E-state index contributed by atoms with van der Waals surface area (Å²) >= 11 is 0. The quantitative estimate of drug-likeness (QED) is 0.120. The van der Waals surface area contributed by atoms with E-state index >= 15 is 0 Å². The highest BCUT2D eigenvalue weighted by Crippen LogP contribution is 2.54. The molecule has 22 aromatic rings. The number of hydrogen-bond donors (Lipinski definition) is 0. The number of aryl methyl sites for hydroxylation is 2. The SMILES string of the molecule is C1=CC(c2ccccc2)CC(c2ccccc2)=C1c1c2ccccc2c(C2=CCC(c3ccccc3)C=C2c2ccccc2)c2cc3ccccc3cc12.Cc1ccc2cccc(-c3c4ccccc4c(-c4c(C)ccc5ccccc45)c4ccccc34)c2c1.c1ccc2cc(-c3c4ccccc4c(-c4cccc5ccccc45)c4ccccc34)ccc2c1. The van der Waals surface area contributed by atoms with E-state index in [9.17, 15) is 0 Å². The van der Waals surface area contributed by atoms with Gasteiger partial charge in [0.15, 0.2) is 0 Å². The molecule has 124 heavy (non-hydrogen) atoms. The van der Waals surface area contributed by atoms with Crippen LogP contribution in [0.3, 0.4) is 0 Å². The third-order valence-electron chi connectivity index (χ3n) is 26.2. The fourth-order valence-electron chi connectivity index (χ4n) is 20.5. The molecule has 0 heteroatoms. The normalized spacial score (nSPS) is 14.0. The molecular formula is C124H88. The standard InChI is InChI=1S/C54H40.C36H26.C34H22/c1-5-17-37(18-6-1)43-29-31-47(49(33-43)39-21-9-3-10-22-39)53-45-27-15-16-28-46(45)54(52-36-42-26-14-13-25-41(42)35-51(52)53)48-32-30-44(38-19-7-2-8-20-38)34-50(48)40-23-11-4-12-24-40;1-23-18-20-26-11-9-17-32(33(26)22-23)35-28-13-5-7-15-30(28)36(31-16-8-6-14-29(31)35)34-24(2)19-21-25-10-3-4-12-27(25)34;1-2-12-25-22-26(21-20-23(25)10-1)33-29-15-5-7-17-31(29)34(32-18-8-6-16-30(32)33)28-19-9-13-24-11-3-4-14-27(24)28/h1-29,31-32,34-36,43-44H,30,33H2;3-22H,1-2H3;1-22H. The Kier molecular flexibility index (Phi) is 19.5. The fraction of sp³-hybridized carbons (Fsp3) is 0.0484. The third kappa shape index (κ3) is 13.5. The molecule has 0 saturated carbocycles. The number of benzene rings is 22. The van der Waals surface area contributed by atoms with Crippen LogP contribution >= 0.6 is 0 Å². The van der Waals surface area contributed by atoms with Crippen LogP contribution in [0.25, 0.3) is 185 Å². The maximum atomic E-state index is 2.53. The van der Waals surface area contributed by atoms with E-state index in [-0.39, 0.29) is 0 Å². The monoisotopic (exact) mass is 1580 g/mol. The Morgan fingerprint density at radius 1 is 0.218 bits per heavy atom. The molecule has 0 saturated heterocycles. The van der Waals surface area contributed by atoms with Gasteiger partial charge in [-0.25, -0.2) is 0 Å². The van der Waals surface area contributed by atoms with Gasteiger partial charge in [-0.3, -0.25) is 0 Å². The molecule has 584 valence electrons. The molecule has 0 nitrogen and oxygen atoms in total. The highest BCUT2D eigenvalue weighted by atomic mass is 14.3. The van der Waals surface area contributed by atoms with Crippen LogP contribution in [0.2, 0.25) is 0 Å². The summed E-state index contributed by atoms with van der Waals surface area (Å²) in [5.74, 6) is 0.623. The van der Waals surface area contributed by atoms with Crippen molar-refractivity contribution in [2.45, 2.75) is 38.5 Å². The molecule has 0 fully saturated rings. The molecule has 0 amide bonds. The van der Waals surface area contributed by atoms with Crippen LogP contribution in [0.5, 0.6) is 0 Å². The average Bonchev–Trinajstić information content (AvgIpc) is 0.722. The van der Waals surface area contributed by atoms with Gasteiger partial charge in [0.2, 0.25) is 0 Å². The van der Waals surface area contributed by atoms with Gasteiger partial charge >= 0.3 is 0 Å². The van der Waals surface area contributed by atoms with Crippen LogP contribution in [0.15, 0.2) is 461 Å². The first-order valence-corrected chi connectivity index (χ1v) is 43.6. The van der Waals surface area contributed by atoms with Crippen molar-refractivity contribution in [2.24, 2.45) is 0 Å². The average molecular weight is 1580 g/mol. The van der Waals surface area contributed by atoms with Crippen molar-refractivity contribution >= 4 is 141 Å². The summed E-state index contributed by atoms with van der Waals surface area (Å²) in [6, 6.07) is 160. The minimum absolute atomic E-state index is 0.311. The molecule has 0 aromatic heterocycles. The van der Waals surface area contributed by atoms with Gasteiger partial charge < -0.3 is 0 Å². The highest BCUT2D eigenvalue weighted by molar-refractivity contribution is 6.29. The number of hydrogen-bond acceptors (Lipinski definition) is 0. The van der Waals surface area contributed by atoms with Crippen molar-refractivity contribution < 1.29 is 0 Å². The van der Waals surface area contributed by atoms with E-state index < -0.39 is 0 Å². The van der Waals surface area contributed by atoms with Gasteiger partial charge in [-0.1, -0.05) is 448 Å². The summed E-state index contributed by atoms with van der Waals surface area (Å²) in [7, 11) is 0. The Balaban J connectivity index is 0.000000115. The second kappa shape index (κ2) is 32.3. The van der Waals surface area contributed by atoms with Crippen molar-refractivity contribution in [3.05, 3.63) is 506 Å². The van der Waals surface area contributed by atoms with Crippen molar-refractivity contribution in [3.63, 3.8) is 0 Å². The Hall–Kier alpha value is -15.3. The van der Waals surface area contributed by atoms with E-state index in [1.54, 1.807) is 0 Å². The lowest BCUT2D eigenvalue weighted by Gasteiger charge is -2.28. The number of rotatable bonds is 10. The first-order chi connectivity index (χ1) is 61.4. The molecule has 0 spiro atoms. The topological polar surface area (TPSA) is 0 Å². The number of allylic oxidation sites excluding steroid dienone is 8. The summed E-state index contributed by atoms with van der Waals surface area (Å²) in [4.78, 5) is 0. The van der Waals surface area contributed by atoms with E-state index in [1.807, 2.05) is 0 Å². The molecule has 0 heterocycles. The van der Waals surface area contributed by atoms with Crippen molar-refractivity contribution in [1.82, 2.24) is 0 Å². The summed E-state index contributed by atoms with van der Waals surface area (Å²) in [6.07, 6.45) is 11.8. The van der Waals surface area contributed by atoms with Crippen LogP contribution in [-0.4, -0.2) is 0 Å². The van der Waals surface area contributed by atoms with Crippen LogP contribution in [0, 0.1) is 13.8 Å². The maximum Gasteiger partial charge on any atom is 0.00622 e. The van der Waals surface area contributed by atoms with Crippen LogP contribution in [0.1, 0.15) is 69.2 Å². The summed E-state index contributed by atoms with van der Waals surface area (Å²) < 4.78 is 0. The Morgan fingerprint density at radius 3 is 1.16 bits per heavy atom. The minimum Gasteiger partial charge on any atom is -0.0760 e. The first-order valence-electron chi connectivity index (χ1n) is 43.6. The molecular weight excluding hydrogens is 1490 g/mol. The molecule has 2 aliphatic carbocycles. The Labute approximate surface area is 724 Å². The van der Waals surface area contributed by atoms with Gasteiger partial charge in [0.25, 0.3) is 0 Å². The van der Waals surface area contributed by atoms with E-state index in [0.29, 0.717) is 11.8 Å². The lowest BCUT2D eigenvalue weighted by atomic mass is 9.75.